The third-order valence-corrected chi connectivity index (χ3v) is 2.31. The van der Waals surface area contributed by atoms with Crippen LogP contribution < -0.4 is 5.32 Å². The average molecular weight is 171 g/mol. The first kappa shape index (κ1) is 9.52. The first-order valence-corrected chi connectivity index (χ1v) is 4.50. The predicted molar refractivity (Wildman–Crippen MR) is 46.8 cm³/mol. The van der Waals surface area contributed by atoms with Crippen LogP contribution in [0.1, 0.15) is 26.7 Å². The molecule has 3 atom stereocenters. The fourth-order valence-corrected chi connectivity index (χ4v) is 1.82. The fourth-order valence-electron chi connectivity index (χ4n) is 1.82. The smallest absolute Gasteiger partial charge is 0.223 e. The van der Waals surface area contributed by atoms with E-state index in [-0.39, 0.29) is 24.0 Å². The van der Waals surface area contributed by atoms with Crippen LogP contribution in [0.15, 0.2) is 0 Å². The van der Waals surface area contributed by atoms with Gasteiger partial charge in [0.2, 0.25) is 5.91 Å². The Labute approximate surface area is 73.5 Å². The number of hydrogen-bond donors (Lipinski definition) is 1. The molecule has 0 unspecified atom stereocenters. The molecule has 0 aromatic heterocycles. The summed E-state index contributed by atoms with van der Waals surface area (Å²) in [6, 6.07) is 0. The Morgan fingerprint density at radius 2 is 1.83 bits per heavy atom. The van der Waals surface area contributed by atoms with Gasteiger partial charge in [-0.3, -0.25) is 4.79 Å². The number of carbonyl (C=O) groups excluding carboxylic acids is 1. The van der Waals surface area contributed by atoms with Gasteiger partial charge in [-0.25, -0.2) is 0 Å². The quantitative estimate of drug-likeness (QED) is 0.637. The van der Waals surface area contributed by atoms with Gasteiger partial charge in [0.1, 0.15) is 0 Å². The second-order valence-corrected chi connectivity index (χ2v) is 3.54. The minimum Gasteiger partial charge on any atom is -0.376 e. The Kier molecular flexibility index (Phi) is 3.09. The average Bonchev–Trinajstić information content (AvgIpc) is 2.01. The van der Waals surface area contributed by atoms with Gasteiger partial charge in [-0.15, -0.1) is 0 Å². The monoisotopic (exact) mass is 171 g/mol. The molecule has 70 valence electrons. The molecule has 1 aliphatic rings. The zero-order valence-electron chi connectivity index (χ0n) is 7.96. The summed E-state index contributed by atoms with van der Waals surface area (Å²) in [5.74, 6) is 0.297. The Hall–Kier alpha value is -0.570. The van der Waals surface area contributed by atoms with Gasteiger partial charge in [0.15, 0.2) is 0 Å². The lowest BCUT2D eigenvalue weighted by Crippen LogP contribution is -2.37. The Bertz CT molecular complexity index is 160. The first-order chi connectivity index (χ1) is 5.63. The van der Waals surface area contributed by atoms with E-state index in [1.54, 1.807) is 7.05 Å². The van der Waals surface area contributed by atoms with Gasteiger partial charge in [-0.2, -0.15) is 0 Å². The van der Waals surface area contributed by atoms with Crippen LogP contribution >= 0.6 is 0 Å². The fraction of sp³-hybridized carbons (Fsp3) is 0.889. The number of amides is 1. The highest BCUT2D eigenvalue weighted by Crippen LogP contribution is 2.24. The van der Waals surface area contributed by atoms with Gasteiger partial charge in [0.25, 0.3) is 0 Å². The molecule has 1 rings (SSSR count). The zero-order chi connectivity index (χ0) is 9.14. The molecule has 0 aromatic rings. The summed E-state index contributed by atoms with van der Waals surface area (Å²) in [6.07, 6.45) is 2.14. The molecule has 1 saturated heterocycles. The molecule has 3 heteroatoms. The third kappa shape index (κ3) is 2.21. The Morgan fingerprint density at radius 3 is 2.25 bits per heavy atom. The van der Waals surface area contributed by atoms with Gasteiger partial charge < -0.3 is 10.1 Å². The first-order valence-electron chi connectivity index (χ1n) is 4.50. The van der Waals surface area contributed by atoms with Gasteiger partial charge in [-0.05, 0) is 26.7 Å². The molecular weight excluding hydrogens is 154 g/mol. The van der Waals surface area contributed by atoms with E-state index in [1.165, 1.54) is 0 Å². The number of hydrogen-bond acceptors (Lipinski definition) is 2. The van der Waals surface area contributed by atoms with Crippen LogP contribution in [0.2, 0.25) is 0 Å². The minimum absolute atomic E-state index is 0.147. The SMILES string of the molecule is CNC(=O)[C@H]1C[C@@H](C)O[C@@H](C)C1. The van der Waals surface area contributed by atoms with Crippen LogP contribution in [0.25, 0.3) is 0 Å². The maximum absolute atomic E-state index is 11.3. The van der Waals surface area contributed by atoms with Crippen molar-refractivity contribution in [2.24, 2.45) is 5.92 Å². The van der Waals surface area contributed by atoms with Crippen molar-refractivity contribution in [3.63, 3.8) is 0 Å². The van der Waals surface area contributed by atoms with E-state index in [4.69, 9.17) is 4.74 Å². The predicted octanol–water partition coefficient (Wildman–Crippen LogP) is 0.936. The van der Waals surface area contributed by atoms with Gasteiger partial charge in [0, 0.05) is 13.0 Å². The highest BCUT2D eigenvalue weighted by atomic mass is 16.5. The zero-order valence-corrected chi connectivity index (χ0v) is 7.96. The molecule has 0 aromatic carbocycles. The molecule has 0 spiro atoms. The molecule has 1 N–H and O–H groups in total. The van der Waals surface area contributed by atoms with Crippen LogP contribution in [0.5, 0.6) is 0 Å². The molecular formula is C9H17NO2. The lowest BCUT2D eigenvalue weighted by Gasteiger charge is -2.30. The van der Waals surface area contributed by atoms with E-state index in [1.807, 2.05) is 13.8 Å². The third-order valence-electron chi connectivity index (χ3n) is 2.31. The van der Waals surface area contributed by atoms with Crippen molar-refractivity contribution < 1.29 is 9.53 Å². The lowest BCUT2D eigenvalue weighted by molar-refractivity contribution is -0.132. The van der Waals surface area contributed by atoms with Crippen LogP contribution in [-0.2, 0) is 9.53 Å². The standard InChI is InChI=1S/C9H17NO2/c1-6-4-8(9(11)10-3)5-7(2)12-6/h6-8H,4-5H2,1-3H3,(H,10,11)/t6-,7+,8+. The van der Waals surface area contributed by atoms with Crippen molar-refractivity contribution in [2.45, 2.75) is 38.9 Å². The normalized spacial score (nSPS) is 36.1. The van der Waals surface area contributed by atoms with E-state index in [0.29, 0.717) is 0 Å². The van der Waals surface area contributed by atoms with Gasteiger partial charge in [0.05, 0.1) is 12.2 Å². The second kappa shape index (κ2) is 3.90. The summed E-state index contributed by atoms with van der Waals surface area (Å²) >= 11 is 0. The molecule has 3 nitrogen and oxygen atoms in total. The summed E-state index contributed by atoms with van der Waals surface area (Å²) in [7, 11) is 1.69. The van der Waals surface area contributed by atoms with Crippen molar-refractivity contribution in [1.82, 2.24) is 5.32 Å². The van der Waals surface area contributed by atoms with E-state index in [9.17, 15) is 4.79 Å². The lowest BCUT2D eigenvalue weighted by atomic mass is 9.92. The molecule has 1 heterocycles. The van der Waals surface area contributed by atoms with Crippen LogP contribution in [0.3, 0.4) is 0 Å². The summed E-state index contributed by atoms with van der Waals surface area (Å²) in [4.78, 5) is 11.3. The van der Waals surface area contributed by atoms with E-state index in [2.05, 4.69) is 5.32 Å². The molecule has 1 aliphatic heterocycles. The summed E-state index contributed by atoms with van der Waals surface area (Å²) < 4.78 is 5.53. The molecule has 0 aliphatic carbocycles. The van der Waals surface area contributed by atoms with Crippen molar-refractivity contribution in [2.75, 3.05) is 7.05 Å². The highest BCUT2D eigenvalue weighted by Gasteiger charge is 2.28. The van der Waals surface area contributed by atoms with E-state index >= 15 is 0 Å². The topological polar surface area (TPSA) is 38.3 Å². The number of rotatable bonds is 1. The maximum atomic E-state index is 11.3. The summed E-state index contributed by atoms with van der Waals surface area (Å²) in [5, 5.41) is 2.68. The minimum atomic E-state index is 0.147. The van der Waals surface area contributed by atoms with Crippen LogP contribution in [0, 0.1) is 5.92 Å². The molecule has 1 fully saturated rings. The summed E-state index contributed by atoms with van der Waals surface area (Å²) in [6.45, 7) is 4.04. The van der Waals surface area contributed by atoms with Crippen LogP contribution in [-0.4, -0.2) is 25.2 Å². The second-order valence-electron chi connectivity index (χ2n) is 3.54. The number of nitrogens with one attached hydrogen (secondary N) is 1. The van der Waals surface area contributed by atoms with Crippen molar-refractivity contribution in [3.05, 3.63) is 0 Å². The van der Waals surface area contributed by atoms with Gasteiger partial charge >= 0.3 is 0 Å². The van der Waals surface area contributed by atoms with Crippen molar-refractivity contribution >= 4 is 5.91 Å². The number of carbonyl (C=O) groups is 1. The Balaban J connectivity index is 2.49. The molecule has 0 radical (unpaired) electrons. The number of ether oxygens (including phenoxy) is 1. The van der Waals surface area contributed by atoms with Crippen LogP contribution in [0.4, 0.5) is 0 Å². The molecule has 1 amide bonds. The van der Waals surface area contributed by atoms with E-state index in [0.717, 1.165) is 12.8 Å². The highest BCUT2D eigenvalue weighted by molar-refractivity contribution is 5.78. The van der Waals surface area contributed by atoms with E-state index < -0.39 is 0 Å². The molecule has 0 bridgehead atoms. The maximum Gasteiger partial charge on any atom is 0.223 e. The largest absolute Gasteiger partial charge is 0.376 e. The van der Waals surface area contributed by atoms with Crippen molar-refractivity contribution in [1.29, 1.82) is 0 Å². The van der Waals surface area contributed by atoms with Crippen molar-refractivity contribution in [3.8, 4) is 0 Å². The molecule has 12 heavy (non-hydrogen) atoms. The van der Waals surface area contributed by atoms with Gasteiger partial charge in [-0.1, -0.05) is 0 Å². The summed E-state index contributed by atoms with van der Waals surface area (Å²) in [5.41, 5.74) is 0. The molecule has 0 saturated carbocycles. The Morgan fingerprint density at radius 1 is 1.33 bits per heavy atom.